The fourth-order valence-corrected chi connectivity index (χ4v) is 3.11. The van der Waals surface area contributed by atoms with Crippen LogP contribution in [0.25, 0.3) is 0 Å². The van der Waals surface area contributed by atoms with Gasteiger partial charge >= 0.3 is 0 Å². The van der Waals surface area contributed by atoms with E-state index in [0.29, 0.717) is 6.04 Å². The van der Waals surface area contributed by atoms with Crippen LogP contribution < -0.4 is 5.32 Å². The van der Waals surface area contributed by atoms with Gasteiger partial charge in [-0.25, -0.2) is 0 Å². The van der Waals surface area contributed by atoms with Crippen molar-refractivity contribution in [2.45, 2.75) is 52.1 Å². The molecule has 1 aromatic carbocycles. The Balaban J connectivity index is 1.64. The number of amides is 1. The van der Waals surface area contributed by atoms with Gasteiger partial charge in [0.1, 0.15) is 0 Å². The maximum absolute atomic E-state index is 12.2. The molecule has 1 saturated carbocycles. The molecule has 0 spiro atoms. The van der Waals surface area contributed by atoms with Crippen LogP contribution in [0.1, 0.15) is 53.0 Å². The zero-order chi connectivity index (χ0) is 15.5. The highest BCUT2D eigenvalue weighted by Gasteiger charge is 2.17. The van der Waals surface area contributed by atoms with Gasteiger partial charge in [0, 0.05) is 17.3 Å². The Bertz CT molecular complexity index is 651. The van der Waals surface area contributed by atoms with Crippen LogP contribution in [0.3, 0.4) is 0 Å². The molecule has 0 radical (unpaired) electrons. The molecule has 0 atom stereocenters. The Kier molecular flexibility index (Phi) is 4.27. The third kappa shape index (κ3) is 3.38. The zero-order valence-electron chi connectivity index (χ0n) is 13.3. The molecule has 4 nitrogen and oxygen atoms in total. The summed E-state index contributed by atoms with van der Waals surface area (Å²) in [6.45, 7) is 4.80. The average Bonchev–Trinajstić information content (AvgIpc) is 3.10. The predicted molar refractivity (Wildman–Crippen MR) is 87.0 cm³/mol. The molecule has 2 aromatic rings. The predicted octanol–water partition coefficient (Wildman–Crippen LogP) is 3.22. The molecule has 3 rings (SSSR count). The summed E-state index contributed by atoms with van der Waals surface area (Å²) < 4.78 is 1.99. The van der Waals surface area contributed by atoms with Crippen molar-refractivity contribution < 1.29 is 4.79 Å². The molecule has 0 unspecified atom stereocenters. The fourth-order valence-electron chi connectivity index (χ4n) is 3.11. The summed E-state index contributed by atoms with van der Waals surface area (Å²) >= 11 is 0. The first-order chi connectivity index (χ1) is 10.6. The SMILES string of the molecule is Cc1cc(C)n(Cc2ccc(C(=O)NC3CCCC3)cc2)n1. The van der Waals surface area contributed by atoms with E-state index >= 15 is 0 Å². The Labute approximate surface area is 131 Å². The summed E-state index contributed by atoms with van der Waals surface area (Å²) in [7, 11) is 0. The second-order valence-electron chi connectivity index (χ2n) is 6.24. The lowest BCUT2D eigenvalue weighted by Gasteiger charge is -2.12. The highest BCUT2D eigenvalue weighted by atomic mass is 16.1. The van der Waals surface area contributed by atoms with E-state index in [1.165, 1.54) is 12.8 Å². The molecule has 116 valence electrons. The number of nitrogens with zero attached hydrogens (tertiary/aromatic N) is 2. The van der Waals surface area contributed by atoms with Crippen molar-refractivity contribution in [2.75, 3.05) is 0 Å². The van der Waals surface area contributed by atoms with Gasteiger partial charge in [0.25, 0.3) is 5.91 Å². The number of aromatic nitrogens is 2. The highest BCUT2D eigenvalue weighted by molar-refractivity contribution is 5.94. The maximum Gasteiger partial charge on any atom is 0.251 e. The van der Waals surface area contributed by atoms with Crippen LogP contribution in [0.5, 0.6) is 0 Å². The van der Waals surface area contributed by atoms with Gasteiger partial charge in [-0.05, 0) is 50.5 Å². The summed E-state index contributed by atoms with van der Waals surface area (Å²) in [6, 6.07) is 10.3. The van der Waals surface area contributed by atoms with Crippen molar-refractivity contribution in [3.05, 3.63) is 52.8 Å². The standard InChI is InChI=1S/C18H23N3O/c1-13-11-14(2)21(20-13)12-15-7-9-16(10-8-15)18(22)19-17-5-3-4-6-17/h7-11,17H,3-6,12H2,1-2H3,(H,19,22). The van der Waals surface area contributed by atoms with Crippen LogP contribution >= 0.6 is 0 Å². The Morgan fingerprint density at radius 1 is 1.23 bits per heavy atom. The maximum atomic E-state index is 12.2. The zero-order valence-corrected chi connectivity index (χ0v) is 13.3. The minimum absolute atomic E-state index is 0.0459. The number of carbonyl (C=O) groups excluding carboxylic acids is 1. The lowest BCUT2D eigenvalue weighted by Crippen LogP contribution is -2.32. The average molecular weight is 297 g/mol. The molecule has 1 fully saturated rings. The monoisotopic (exact) mass is 297 g/mol. The summed E-state index contributed by atoms with van der Waals surface area (Å²) in [5, 5.41) is 7.59. The van der Waals surface area contributed by atoms with E-state index in [9.17, 15) is 4.79 Å². The van der Waals surface area contributed by atoms with Gasteiger partial charge in [0.05, 0.1) is 12.2 Å². The molecule has 4 heteroatoms. The number of rotatable bonds is 4. The van der Waals surface area contributed by atoms with Gasteiger partial charge < -0.3 is 5.32 Å². The molecule has 1 amide bonds. The van der Waals surface area contributed by atoms with Crippen molar-refractivity contribution in [2.24, 2.45) is 0 Å². The molecule has 0 aliphatic heterocycles. The summed E-state index contributed by atoms with van der Waals surface area (Å²) in [5.74, 6) is 0.0459. The van der Waals surface area contributed by atoms with Gasteiger partial charge in [-0.3, -0.25) is 9.48 Å². The molecule has 1 aliphatic rings. The number of benzene rings is 1. The van der Waals surface area contributed by atoms with Gasteiger partial charge in [-0.1, -0.05) is 25.0 Å². The molecule has 1 heterocycles. The molecule has 1 aliphatic carbocycles. The van der Waals surface area contributed by atoms with Gasteiger partial charge in [-0.15, -0.1) is 0 Å². The Morgan fingerprint density at radius 2 is 1.91 bits per heavy atom. The first-order valence-corrected chi connectivity index (χ1v) is 8.03. The van der Waals surface area contributed by atoms with E-state index in [0.717, 1.165) is 41.9 Å². The first-order valence-electron chi connectivity index (χ1n) is 8.03. The number of hydrogen-bond donors (Lipinski definition) is 1. The van der Waals surface area contributed by atoms with E-state index in [2.05, 4.69) is 23.4 Å². The molecule has 0 bridgehead atoms. The summed E-state index contributed by atoms with van der Waals surface area (Å²) in [4.78, 5) is 12.2. The normalized spacial score (nSPS) is 15.2. The van der Waals surface area contributed by atoms with Crippen LogP contribution in [0.2, 0.25) is 0 Å². The number of hydrogen-bond acceptors (Lipinski definition) is 2. The van der Waals surface area contributed by atoms with E-state index in [1.807, 2.05) is 35.9 Å². The number of carbonyl (C=O) groups is 1. The Morgan fingerprint density at radius 3 is 2.50 bits per heavy atom. The molecule has 1 N–H and O–H groups in total. The topological polar surface area (TPSA) is 46.9 Å². The van der Waals surface area contributed by atoms with E-state index in [-0.39, 0.29) is 5.91 Å². The van der Waals surface area contributed by atoms with Gasteiger partial charge in [0.2, 0.25) is 0 Å². The van der Waals surface area contributed by atoms with Crippen LogP contribution in [-0.2, 0) is 6.54 Å². The van der Waals surface area contributed by atoms with Gasteiger partial charge in [0.15, 0.2) is 0 Å². The highest BCUT2D eigenvalue weighted by Crippen LogP contribution is 2.18. The quantitative estimate of drug-likeness (QED) is 0.942. The number of nitrogens with one attached hydrogen (secondary N) is 1. The lowest BCUT2D eigenvalue weighted by molar-refractivity contribution is 0.0938. The van der Waals surface area contributed by atoms with Crippen molar-refractivity contribution in [1.82, 2.24) is 15.1 Å². The summed E-state index contributed by atoms with van der Waals surface area (Å²) in [5.41, 5.74) is 4.08. The van der Waals surface area contributed by atoms with Crippen molar-refractivity contribution in [3.63, 3.8) is 0 Å². The summed E-state index contributed by atoms with van der Waals surface area (Å²) in [6.07, 6.45) is 4.68. The van der Waals surface area contributed by atoms with E-state index < -0.39 is 0 Å². The second-order valence-corrected chi connectivity index (χ2v) is 6.24. The van der Waals surface area contributed by atoms with Crippen molar-refractivity contribution >= 4 is 5.91 Å². The molecular formula is C18H23N3O. The van der Waals surface area contributed by atoms with Crippen LogP contribution in [0.4, 0.5) is 0 Å². The molecule has 1 aromatic heterocycles. The van der Waals surface area contributed by atoms with Crippen LogP contribution in [0, 0.1) is 13.8 Å². The third-order valence-corrected chi connectivity index (χ3v) is 4.34. The smallest absolute Gasteiger partial charge is 0.251 e. The Hall–Kier alpha value is -2.10. The van der Waals surface area contributed by atoms with E-state index in [1.54, 1.807) is 0 Å². The first kappa shape index (κ1) is 14.8. The van der Waals surface area contributed by atoms with Crippen LogP contribution in [-0.4, -0.2) is 21.7 Å². The van der Waals surface area contributed by atoms with Crippen molar-refractivity contribution in [3.8, 4) is 0 Å². The largest absolute Gasteiger partial charge is 0.349 e. The van der Waals surface area contributed by atoms with E-state index in [4.69, 9.17) is 0 Å². The minimum Gasteiger partial charge on any atom is -0.349 e. The molecule has 0 saturated heterocycles. The number of aryl methyl sites for hydroxylation is 2. The fraction of sp³-hybridized carbons (Fsp3) is 0.444. The minimum atomic E-state index is 0.0459. The third-order valence-electron chi connectivity index (χ3n) is 4.34. The second kappa shape index (κ2) is 6.34. The van der Waals surface area contributed by atoms with Crippen molar-refractivity contribution in [1.29, 1.82) is 0 Å². The van der Waals surface area contributed by atoms with Crippen LogP contribution in [0.15, 0.2) is 30.3 Å². The molecular weight excluding hydrogens is 274 g/mol. The van der Waals surface area contributed by atoms with Gasteiger partial charge in [-0.2, -0.15) is 5.10 Å². The lowest BCUT2D eigenvalue weighted by atomic mass is 10.1. The molecule has 22 heavy (non-hydrogen) atoms.